The molecule has 0 fully saturated rings. The maximum absolute atomic E-state index is 11.9. The normalized spacial score (nSPS) is 11.2. The van der Waals surface area contributed by atoms with Crippen LogP contribution >= 0.6 is 0 Å². The molecule has 0 aliphatic carbocycles. The van der Waals surface area contributed by atoms with Crippen molar-refractivity contribution in [2.24, 2.45) is 5.41 Å². The molecule has 0 aliphatic heterocycles. The maximum Gasteiger partial charge on any atom is 0.310 e. The third-order valence-corrected chi connectivity index (χ3v) is 3.33. The molecular formula is C16H19N3O3. The number of carboxylic acids is 1. The fourth-order valence-corrected chi connectivity index (χ4v) is 1.82. The van der Waals surface area contributed by atoms with Gasteiger partial charge in [-0.05, 0) is 31.5 Å². The average molecular weight is 301 g/mol. The van der Waals surface area contributed by atoms with Gasteiger partial charge in [0.1, 0.15) is 0 Å². The Morgan fingerprint density at radius 1 is 1.27 bits per heavy atom. The quantitative estimate of drug-likeness (QED) is 0.849. The molecule has 0 saturated heterocycles. The van der Waals surface area contributed by atoms with Crippen molar-refractivity contribution in [1.29, 1.82) is 0 Å². The standard InChI is InChI=1S/C16H19N3O3/c1-16(2,15(21)22)11-17-14(20)8-12-9-18-19(10-12)13-6-4-3-5-7-13/h3-7,9-10H,8,11H2,1-2H3,(H,17,20)(H,21,22). The molecule has 1 heterocycles. The number of rotatable bonds is 6. The second-order valence-electron chi connectivity index (χ2n) is 5.77. The monoisotopic (exact) mass is 301 g/mol. The summed E-state index contributed by atoms with van der Waals surface area (Å²) in [5, 5.41) is 15.9. The van der Waals surface area contributed by atoms with Crippen molar-refractivity contribution in [3.05, 3.63) is 48.3 Å². The van der Waals surface area contributed by atoms with Crippen molar-refractivity contribution >= 4 is 11.9 Å². The van der Waals surface area contributed by atoms with E-state index in [4.69, 9.17) is 5.11 Å². The van der Waals surface area contributed by atoms with Gasteiger partial charge >= 0.3 is 5.97 Å². The van der Waals surface area contributed by atoms with Gasteiger partial charge in [0.2, 0.25) is 5.91 Å². The van der Waals surface area contributed by atoms with Crippen LogP contribution in [0.3, 0.4) is 0 Å². The van der Waals surface area contributed by atoms with E-state index in [1.807, 2.05) is 30.3 Å². The number of carbonyl (C=O) groups excluding carboxylic acids is 1. The van der Waals surface area contributed by atoms with Gasteiger partial charge in [0, 0.05) is 12.7 Å². The van der Waals surface area contributed by atoms with Crippen LogP contribution < -0.4 is 5.32 Å². The highest BCUT2D eigenvalue weighted by Gasteiger charge is 2.27. The first-order valence-electron chi connectivity index (χ1n) is 6.97. The van der Waals surface area contributed by atoms with Crippen LogP contribution in [-0.4, -0.2) is 33.3 Å². The number of nitrogens with one attached hydrogen (secondary N) is 1. The van der Waals surface area contributed by atoms with Gasteiger partial charge in [-0.25, -0.2) is 4.68 Å². The molecular weight excluding hydrogens is 282 g/mol. The second-order valence-corrected chi connectivity index (χ2v) is 5.77. The Morgan fingerprint density at radius 2 is 1.95 bits per heavy atom. The first kappa shape index (κ1) is 15.8. The van der Waals surface area contributed by atoms with Crippen LogP contribution in [0.4, 0.5) is 0 Å². The van der Waals surface area contributed by atoms with Crippen LogP contribution in [0, 0.1) is 5.41 Å². The zero-order chi connectivity index (χ0) is 16.2. The molecule has 0 radical (unpaired) electrons. The predicted octanol–water partition coefficient (Wildman–Crippen LogP) is 1.64. The lowest BCUT2D eigenvalue weighted by Crippen LogP contribution is -2.39. The predicted molar refractivity (Wildman–Crippen MR) is 81.7 cm³/mol. The molecule has 1 aromatic carbocycles. The van der Waals surface area contributed by atoms with Gasteiger partial charge < -0.3 is 10.4 Å². The number of aliphatic carboxylic acids is 1. The molecule has 6 heteroatoms. The first-order valence-corrected chi connectivity index (χ1v) is 6.97. The molecule has 0 bridgehead atoms. The minimum Gasteiger partial charge on any atom is -0.481 e. The highest BCUT2D eigenvalue weighted by Crippen LogP contribution is 2.13. The Kier molecular flexibility index (Phi) is 4.60. The largest absolute Gasteiger partial charge is 0.481 e. The minimum absolute atomic E-state index is 0.0913. The lowest BCUT2D eigenvalue weighted by Gasteiger charge is -2.19. The van der Waals surface area contributed by atoms with Crippen LogP contribution in [0.2, 0.25) is 0 Å². The summed E-state index contributed by atoms with van der Waals surface area (Å²) in [6.07, 6.45) is 3.59. The van der Waals surface area contributed by atoms with Crippen LogP contribution in [0.1, 0.15) is 19.4 Å². The summed E-state index contributed by atoms with van der Waals surface area (Å²) in [6.45, 7) is 3.24. The number of nitrogens with zero attached hydrogens (tertiary/aromatic N) is 2. The number of carbonyl (C=O) groups is 2. The lowest BCUT2D eigenvalue weighted by atomic mass is 9.94. The summed E-state index contributed by atoms with van der Waals surface area (Å²) in [5.41, 5.74) is 0.708. The van der Waals surface area contributed by atoms with Crippen molar-refractivity contribution in [3.63, 3.8) is 0 Å². The summed E-state index contributed by atoms with van der Waals surface area (Å²) >= 11 is 0. The fourth-order valence-electron chi connectivity index (χ4n) is 1.82. The molecule has 0 saturated carbocycles. The maximum atomic E-state index is 11.9. The van der Waals surface area contributed by atoms with Crippen molar-refractivity contribution in [1.82, 2.24) is 15.1 Å². The zero-order valence-corrected chi connectivity index (χ0v) is 12.6. The molecule has 0 aliphatic rings. The Morgan fingerprint density at radius 3 is 2.59 bits per heavy atom. The average Bonchev–Trinajstić information content (AvgIpc) is 2.94. The van der Waals surface area contributed by atoms with Gasteiger partial charge in [0.05, 0.1) is 23.7 Å². The van der Waals surface area contributed by atoms with Crippen LogP contribution in [0.25, 0.3) is 5.69 Å². The molecule has 0 spiro atoms. The van der Waals surface area contributed by atoms with Crippen LogP contribution in [0.5, 0.6) is 0 Å². The minimum atomic E-state index is -0.982. The van der Waals surface area contributed by atoms with Crippen molar-refractivity contribution in [3.8, 4) is 5.69 Å². The van der Waals surface area contributed by atoms with Gasteiger partial charge in [-0.3, -0.25) is 9.59 Å². The number of hydrogen-bond acceptors (Lipinski definition) is 3. The van der Waals surface area contributed by atoms with Gasteiger partial charge in [0.25, 0.3) is 0 Å². The molecule has 6 nitrogen and oxygen atoms in total. The lowest BCUT2D eigenvalue weighted by molar-refractivity contribution is -0.146. The first-order chi connectivity index (χ1) is 10.4. The van der Waals surface area contributed by atoms with E-state index in [9.17, 15) is 9.59 Å². The summed E-state index contributed by atoms with van der Waals surface area (Å²) in [4.78, 5) is 22.9. The molecule has 1 aromatic heterocycles. The number of aromatic nitrogens is 2. The Labute approximate surface area is 128 Å². The summed E-state index contributed by atoms with van der Waals surface area (Å²) in [6, 6.07) is 9.60. The van der Waals surface area contributed by atoms with E-state index < -0.39 is 11.4 Å². The third kappa shape index (κ3) is 3.94. The van der Waals surface area contributed by atoms with Crippen LogP contribution in [-0.2, 0) is 16.0 Å². The molecule has 0 atom stereocenters. The fraction of sp³-hybridized carbons (Fsp3) is 0.312. The third-order valence-electron chi connectivity index (χ3n) is 3.33. The van der Waals surface area contributed by atoms with E-state index in [1.165, 1.54) is 0 Å². The number of amides is 1. The van der Waals surface area contributed by atoms with E-state index in [-0.39, 0.29) is 18.9 Å². The molecule has 2 aromatic rings. The topological polar surface area (TPSA) is 84.2 Å². The van der Waals surface area contributed by atoms with Gasteiger partial charge in [-0.2, -0.15) is 5.10 Å². The van der Waals surface area contributed by atoms with Gasteiger partial charge in [-0.15, -0.1) is 0 Å². The Bertz CT molecular complexity index is 662. The number of carboxylic acid groups (broad SMARTS) is 1. The molecule has 116 valence electrons. The Balaban J connectivity index is 1.93. The Hall–Kier alpha value is -2.63. The molecule has 1 amide bonds. The van der Waals surface area contributed by atoms with E-state index in [0.717, 1.165) is 11.3 Å². The SMILES string of the molecule is CC(C)(CNC(=O)Cc1cnn(-c2ccccc2)c1)C(=O)O. The molecule has 2 rings (SSSR count). The van der Waals surface area contributed by atoms with Crippen molar-refractivity contribution in [2.45, 2.75) is 20.3 Å². The highest BCUT2D eigenvalue weighted by atomic mass is 16.4. The summed E-state index contributed by atoms with van der Waals surface area (Å²) in [5.74, 6) is -1.16. The van der Waals surface area contributed by atoms with Gasteiger partial charge in [0.15, 0.2) is 0 Å². The molecule has 22 heavy (non-hydrogen) atoms. The number of benzene rings is 1. The summed E-state index contributed by atoms with van der Waals surface area (Å²) in [7, 11) is 0. The highest BCUT2D eigenvalue weighted by molar-refractivity contribution is 5.80. The van der Waals surface area contributed by atoms with E-state index in [0.29, 0.717) is 0 Å². The van der Waals surface area contributed by atoms with E-state index in [2.05, 4.69) is 10.4 Å². The van der Waals surface area contributed by atoms with E-state index >= 15 is 0 Å². The molecule has 0 unspecified atom stereocenters. The van der Waals surface area contributed by atoms with E-state index in [1.54, 1.807) is 30.9 Å². The summed E-state index contributed by atoms with van der Waals surface area (Å²) < 4.78 is 1.70. The number of hydrogen-bond donors (Lipinski definition) is 2. The second kappa shape index (κ2) is 6.43. The smallest absolute Gasteiger partial charge is 0.310 e. The van der Waals surface area contributed by atoms with Crippen LogP contribution in [0.15, 0.2) is 42.7 Å². The number of para-hydroxylation sites is 1. The van der Waals surface area contributed by atoms with Crippen molar-refractivity contribution in [2.75, 3.05) is 6.54 Å². The van der Waals surface area contributed by atoms with Gasteiger partial charge in [-0.1, -0.05) is 18.2 Å². The zero-order valence-electron chi connectivity index (χ0n) is 12.6. The molecule has 2 N–H and O–H groups in total. The van der Waals surface area contributed by atoms with Crippen molar-refractivity contribution < 1.29 is 14.7 Å².